The van der Waals surface area contributed by atoms with E-state index in [1.807, 2.05) is 6.92 Å². The first-order valence-electron chi connectivity index (χ1n) is 5.16. The first-order valence-corrected chi connectivity index (χ1v) is 5.16. The predicted octanol–water partition coefficient (Wildman–Crippen LogP) is 2.34. The molecule has 1 atom stereocenters. The summed E-state index contributed by atoms with van der Waals surface area (Å²) in [6.07, 6.45) is -0.767. The van der Waals surface area contributed by atoms with E-state index in [2.05, 4.69) is 0 Å². The molecule has 4 heteroatoms. The lowest BCUT2D eigenvalue weighted by molar-refractivity contribution is 0.227. The Bertz CT molecular complexity index is 412. The van der Waals surface area contributed by atoms with Crippen LogP contribution >= 0.6 is 0 Å². The first-order chi connectivity index (χ1) is 7.63. The summed E-state index contributed by atoms with van der Waals surface area (Å²) in [4.78, 5) is 0. The molecule has 1 aromatic carbocycles. The SMILES string of the molecule is CCOc1cc(CC)cc(C(O)C#N)c1F. The number of halogens is 1. The van der Waals surface area contributed by atoms with Crippen LogP contribution in [0.3, 0.4) is 0 Å². The van der Waals surface area contributed by atoms with E-state index in [0.29, 0.717) is 13.0 Å². The van der Waals surface area contributed by atoms with E-state index in [-0.39, 0.29) is 11.3 Å². The van der Waals surface area contributed by atoms with E-state index in [1.165, 1.54) is 6.07 Å². The second-order valence-electron chi connectivity index (χ2n) is 3.32. The molecule has 1 rings (SSSR count). The highest BCUT2D eigenvalue weighted by Crippen LogP contribution is 2.27. The minimum Gasteiger partial charge on any atom is -0.491 e. The molecule has 1 N–H and O–H groups in total. The zero-order valence-electron chi connectivity index (χ0n) is 9.33. The minimum absolute atomic E-state index is 0.0229. The molecule has 3 nitrogen and oxygen atoms in total. The van der Waals surface area contributed by atoms with Gasteiger partial charge in [-0.15, -0.1) is 0 Å². The number of nitriles is 1. The third-order valence-electron chi connectivity index (χ3n) is 2.25. The Morgan fingerprint density at radius 1 is 1.50 bits per heavy atom. The zero-order valence-corrected chi connectivity index (χ0v) is 9.33. The van der Waals surface area contributed by atoms with E-state index < -0.39 is 11.9 Å². The van der Waals surface area contributed by atoms with E-state index in [9.17, 15) is 9.50 Å². The molecular formula is C12H14FNO2. The number of aryl methyl sites for hydroxylation is 1. The van der Waals surface area contributed by atoms with Crippen LogP contribution in [0, 0.1) is 17.1 Å². The molecule has 0 saturated carbocycles. The van der Waals surface area contributed by atoms with Crippen molar-refractivity contribution in [3.05, 3.63) is 29.1 Å². The van der Waals surface area contributed by atoms with Crippen molar-refractivity contribution in [1.82, 2.24) is 0 Å². The standard InChI is InChI=1S/C12H14FNO2/c1-3-8-5-9(10(15)7-14)12(13)11(6-8)16-4-2/h5-6,10,15H,3-4H2,1-2H3. The zero-order chi connectivity index (χ0) is 12.1. The maximum absolute atomic E-state index is 13.8. The molecule has 0 saturated heterocycles. The lowest BCUT2D eigenvalue weighted by Gasteiger charge is -2.12. The largest absolute Gasteiger partial charge is 0.491 e. The van der Waals surface area contributed by atoms with Crippen molar-refractivity contribution in [1.29, 1.82) is 5.26 Å². The molecule has 86 valence electrons. The molecule has 1 aromatic rings. The molecule has 16 heavy (non-hydrogen) atoms. The Labute approximate surface area is 94.1 Å². The maximum atomic E-state index is 13.8. The highest BCUT2D eigenvalue weighted by molar-refractivity contribution is 5.39. The molecule has 0 bridgehead atoms. The molecule has 0 spiro atoms. The van der Waals surface area contributed by atoms with E-state index in [1.54, 1.807) is 19.1 Å². The molecule has 0 heterocycles. The third-order valence-corrected chi connectivity index (χ3v) is 2.25. The van der Waals surface area contributed by atoms with Gasteiger partial charge in [0.15, 0.2) is 17.7 Å². The number of rotatable bonds is 4. The van der Waals surface area contributed by atoms with Gasteiger partial charge in [0, 0.05) is 5.56 Å². The smallest absolute Gasteiger partial charge is 0.171 e. The van der Waals surface area contributed by atoms with Gasteiger partial charge >= 0.3 is 0 Å². The lowest BCUT2D eigenvalue weighted by Crippen LogP contribution is -2.04. The minimum atomic E-state index is -1.45. The van der Waals surface area contributed by atoms with E-state index in [4.69, 9.17) is 10.00 Å². The van der Waals surface area contributed by atoms with Gasteiger partial charge in [-0.05, 0) is 31.0 Å². The summed E-state index contributed by atoms with van der Waals surface area (Å²) in [5.41, 5.74) is 0.805. The highest BCUT2D eigenvalue weighted by atomic mass is 19.1. The topological polar surface area (TPSA) is 53.2 Å². The van der Waals surface area contributed by atoms with Gasteiger partial charge in [0.1, 0.15) is 0 Å². The first kappa shape index (κ1) is 12.5. The van der Waals surface area contributed by atoms with Crippen LogP contribution in [0.1, 0.15) is 31.1 Å². The van der Waals surface area contributed by atoms with Crippen molar-refractivity contribution in [2.24, 2.45) is 0 Å². The Hall–Kier alpha value is -1.60. The fourth-order valence-corrected chi connectivity index (χ4v) is 1.41. The monoisotopic (exact) mass is 223 g/mol. The van der Waals surface area contributed by atoms with Gasteiger partial charge in [-0.2, -0.15) is 5.26 Å². The van der Waals surface area contributed by atoms with Crippen molar-refractivity contribution >= 4 is 0 Å². The molecule has 0 radical (unpaired) electrons. The van der Waals surface area contributed by atoms with Gasteiger partial charge < -0.3 is 9.84 Å². The Kier molecular flexibility index (Phi) is 4.27. The van der Waals surface area contributed by atoms with Crippen LogP contribution in [-0.2, 0) is 6.42 Å². The summed E-state index contributed by atoms with van der Waals surface area (Å²) in [6, 6.07) is 4.68. The lowest BCUT2D eigenvalue weighted by atomic mass is 10.0. The maximum Gasteiger partial charge on any atom is 0.171 e. The number of aliphatic hydroxyl groups excluding tert-OH is 1. The third kappa shape index (κ3) is 2.50. The van der Waals surface area contributed by atoms with Crippen LogP contribution < -0.4 is 4.74 Å². The van der Waals surface area contributed by atoms with Crippen LogP contribution in [0.2, 0.25) is 0 Å². The summed E-state index contributed by atoms with van der Waals surface area (Å²) >= 11 is 0. The van der Waals surface area contributed by atoms with Gasteiger partial charge in [0.2, 0.25) is 0 Å². The predicted molar refractivity (Wildman–Crippen MR) is 57.5 cm³/mol. The van der Waals surface area contributed by atoms with Crippen LogP contribution in [0.5, 0.6) is 5.75 Å². The molecule has 0 aliphatic rings. The molecular weight excluding hydrogens is 209 g/mol. The molecule has 0 fully saturated rings. The van der Waals surface area contributed by atoms with E-state index in [0.717, 1.165) is 5.56 Å². The van der Waals surface area contributed by atoms with E-state index >= 15 is 0 Å². The summed E-state index contributed by atoms with van der Waals surface area (Å²) in [5.74, 6) is -0.570. The number of nitrogens with zero attached hydrogens (tertiary/aromatic N) is 1. The fraction of sp³-hybridized carbons (Fsp3) is 0.417. The number of ether oxygens (including phenoxy) is 1. The molecule has 1 unspecified atom stereocenters. The summed E-state index contributed by atoms with van der Waals surface area (Å²) in [6.45, 7) is 4.00. The normalized spacial score (nSPS) is 11.9. The summed E-state index contributed by atoms with van der Waals surface area (Å²) in [5, 5.41) is 18.0. The molecule has 0 amide bonds. The molecule has 0 aliphatic carbocycles. The van der Waals surface area contributed by atoms with Crippen molar-refractivity contribution in [2.45, 2.75) is 26.4 Å². The Morgan fingerprint density at radius 3 is 2.69 bits per heavy atom. The van der Waals surface area contributed by atoms with Gasteiger partial charge in [0.05, 0.1) is 12.7 Å². The number of benzene rings is 1. The van der Waals surface area contributed by atoms with Crippen molar-refractivity contribution in [2.75, 3.05) is 6.61 Å². The average Bonchev–Trinajstić information content (AvgIpc) is 2.31. The number of hydrogen-bond donors (Lipinski definition) is 1. The number of hydrogen-bond acceptors (Lipinski definition) is 3. The summed E-state index contributed by atoms with van der Waals surface area (Å²) < 4.78 is 18.9. The summed E-state index contributed by atoms with van der Waals surface area (Å²) in [7, 11) is 0. The van der Waals surface area contributed by atoms with Crippen molar-refractivity contribution < 1.29 is 14.2 Å². The van der Waals surface area contributed by atoms with Gasteiger partial charge in [-0.25, -0.2) is 4.39 Å². The Balaban J connectivity index is 3.26. The van der Waals surface area contributed by atoms with Crippen molar-refractivity contribution in [3.8, 4) is 11.8 Å². The Morgan fingerprint density at radius 2 is 2.19 bits per heavy atom. The van der Waals surface area contributed by atoms with Crippen LogP contribution in [0.15, 0.2) is 12.1 Å². The van der Waals surface area contributed by atoms with Crippen LogP contribution in [-0.4, -0.2) is 11.7 Å². The van der Waals surface area contributed by atoms with Crippen LogP contribution in [0.4, 0.5) is 4.39 Å². The molecule has 0 aliphatic heterocycles. The molecule has 0 aromatic heterocycles. The van der Waals surface area contributed by atoms with Crippen LogP contribution in [0.25, 0.3) is 0 Å². The quantitative estimate of drug-likeness (QED) is 0.797. The van der Waals surface area contributed by atoms with Gasteiger partial charge in [-0.1, -0.05) is 6.92 Å². The van der Waals surface area contributed by atoms with Gasteiger partial charge in [-0.3, -0.25) is 0 Å². The van der Waals surface area contributed by atoms with Crippen molar-refractivity contribution in [3.63, 3.8) is 0 Å². The fourth-order valence-electron chi connectivity index (χ4n) is 1.41. The second-order valence-corrected chi connectivity index (χ2v) is 3.32. The average molecular weight is 223 g/mol. The van der Waals surface area contributed by atoms with Gasteiger partial charge in [0.25, 0.3) is 0 Å². The number of aliphatic hydroxyl groups is 1. The second kappa shape index (κ2) is 5.47. The highest BCUT2D eigenvalue weighted by Gasteiger charge is 2.17.